The zero-order valence-electron chi connectivity index (χ0n) is 35.6. The van der Waals surface area contributed by atoms with E-state index in [0.717, 1.165) is 5.69 Å². The van der Waals surface area contributed by atoms with Crippen molar-refractivity contribution in [2.75, 3.05) is 0 Å². The van der Waals surface area contributed by atoms with Gasteiger partial charge >= 0.3 is 0 Å². The Morgan fingerprint density at radius 3 is 1.45 bits per heavy atom. The van der Waals surface area contributed by atoms with E-state index in [9.17, 15) is 0 Å². The van der Waals surface area contributed by atoms with Crippen LogP contribution in [0.2, 0.25) is 0 Å². The minimum atomic E-state index is -0.116. The van der Waals surface area contributed by atoms with Crippen LogP contribution >= 0.6 is 11.3 Å². The van der Waals surface area contributed by atoms with Gasteiger partial charge in [-0.1, -0.05) is 166 Å². The molecule has 0 radical (unpaired) electrons. The van der Waals surface area contributed by atoms with Crippen LogP contribution in [0.5, 0.6) is 0 Å². The van der Waals surface area contributed by atoms with Gasteiger partial charge in [-0.3, -0.25) is 0 Å². The number of hydrogen-bond acceptors (Lipinski definition) is 1. The molecule has 0 saturated carbocycles. The van der Waals surface area contributed by atoms with Gasteiger partial charge in [0.25, 0.3) is 0 Å². The van der Waals surface area contributed by atoms with Gasteiger partial charge in [0.05, 0.1) is 22.1 Å². The van der Waals surface area contributed by atoms with Gasteiger partial charge in [-0.25, -0.2) is 0 Å². The van der Waals surface area contributed by atoms with Crippen molar-refractivity contribution in [2.45, 2.75) is 19.3 Å². The van der Waals surface area contributed by atoms with Crippen molar-refractivity contribution in [2.24, 2.45) is 0 Å². The SMILES string of the molecule is CC1(C)c2ccc(-c3ccc4c5cc(-c6ccc7c(c6)c6ccccc6n7-c6ccccc6)ccc5n(-c5ccccc5)c4c3)cc2-c2c1sc(-c1ccccc1)c2-c1ccccc1. The Morgan fingerprint density at radius 2 is 0.812 bits per heavy atom. The molecular weight excluding hydrogens is 793 g/mol. The lowest BCUT2D eigenvalue weighted by Crippen LogP contribution is -2.13. The van der Waals surface area contributed by atoms with Crippen LogP contribution in [0, 0.1) is 0 Å². The fourth-order valence-corrected chi connectivity index (χ4v) is 12.1. The first-order chi connectivity index (χ1) is 31.5. The molecule has 13 rings (SSSR count). The van der Waals surface area contributed by atoms with E-state index >= 15 is 0 Å². The maximum absolute atomic E-state index is 2.47. The summed E-state index contributed by atoms with van der Waals surface area (Å²) >= 11 is 1.96. The molecule has 0 fully saturated rings. The summed E-state index contributed by atoms with van der Waals surface area (Å²) in [5.41, 5.74) is 19.9. The molecule has 3 heteroatoms. The van der Waals surface area contributed by atoms with Crippen LogP contribution in [0.15, 0.2) is 218 Å². The molecule has 302 valence electrons. The van der Waals surface area contributed by atoms with E-state index in [0.29, 0.717) is 0 Å². The predicted molar refractivity (Wildman–Crippen MR) is 272 cm³/mol. The van der Waals surface area contributed by atoms with Crippen molar-refractivity contribution < 1.29 is 0 Å². The molecule has 0 spiro atoms. The Labute approximate surface area is 376 Å². The summed E-state index contributed by atoms with van der Waals surface area (Å²) in [5, 5.41) is 5.01. The smallest absolute Gasteiger partial charge is 0.0547 e. The first kappa shape index (κ1) is 36.9. The van der Waals surface area contributed by atoms with Gasteiger partial charge in [0.15, 0.2) is 0 Å². The average molecular weight is 835 g/mol. The van der Waals surface area contributed by atoms with Crippen LogP contribution in [0.3, 0.4) is 0 Å². The lowest BCUT2D eigenvalue weighted by molar-refractivity contribution is 0.674. The van der Waals surface area contributed by atoms with Crippen molar-refractivity contribution in [1.29, 1.82) is 0 Å². The molecule has 0 saturated heterocycles. The van der Waals surface area contributed by atoms with Crippen molar-refractivity contribution in [3.8, 4) is 66.3 Å². The van der Waals surface area contributed by atoms with Crippen LogP contribution in [-0.2, 0) is 5.41 Å². The minimum Gasteiger partial charge on any atom is -0.309 e. The number of nitrogens with zero attached hydrogens (tertiary/aromatic N) is 2. The monoisotopic (exact) mass is 834 g/mol. The molecule has 3 aromatic heterocycles. The first-order valence-electron chi connectivity index (χ1n) is 22.2. The molecule has 64 heavy (non-hydrogen) atoms. The second-order valence-corrected chi connectivity index (χ2v) is 18.7. The van der Waals surface area contributed by atoms with Gasteiger partial charge in [-0.2, -0.15) is 0 Å². The van der Waals surface area contributed by atoms with E-state index in [4.69, 9.17) is 0 Å². The summed E-state index contributed by atoms with van der Waals surface area (Å²) in [6.07, 6.45) is 0. The number of hydrogen-bond donors (Lipinski definition) is 0. The van der Waals surface area contributed by atoms with E-state index in [1.54, 1.807) is 0 Å². The Kier molecular flexibility index (Phi) is 8.16. The predicted octanol–water partition coefficient (Wildman–Crippen LogP) is 16.9. The number of para-hydroxylation sites is 3. The Morgan fingerprint density at radius 1 is 0.344 bits per heavy atom. The van der Waals surface area contributed by atoms with Crippen LogP contribution in [0.1, 0.15) is 24.3 Å². The maximum Gasteiger partial charge on any atom is 0.0547 e. The highest BCUT2D eigenvalue weighted by atomic mass is 32.1. The third kappa shape index (κ3) is 5.51. The number of thiophene rings is 1. The highest BCUT2D eigenvalue weighted by Crippen LogP contribution is 2.59. The van der Waals surface area contributed by atoms with Crippen molar-refractivity contribution >= 4 is 54.9 Å². The molecule has 0 amide bonds. The second-order valence-electron chi connectivity index (χ2n) is 17.7. The quantitative estimate of drug-likeness (QED) is 0.158. The van der Waals surface area contributed by atoms with E-state index in [1.807, 2.05) is 11.3 Å². The molecule has 2 nitrogen and oxygen atoms in total. The lowest BCUT2D eigenvalue weighted by atomic mass is 9.86. The van der Waals surface area contributed by atoms with Crippen molar-refractivity contribution in [3.05, 3.63) is 229 Å². The van der Waals surface area contributed by atoms with Crippen LogP contribution < -0.4 is 0 Å². The van der Waals surface area contributed by atoms with Gasteiger partial charge < -0.3 is 9.13 Å². The number of aromatic nitrogens is 2. The minimum absolute atomic E-state index is 0.116. The summed E-state index contributed by atoms with van der Waals surface area (Å²) in [6, 6.07) is 80.5. The summed E-state index contributed by atoms with van der Waals surface area (Å²) in [5.74, 6) is 0. The van der Waals surface area contributed by atoms with E-state index in [-0.39, 0.29) is 5.41 Å². The standard InChI is InChI=1S/C61H42N2S/c1-61(2)52-32-28-41(37-51(52)58-57(39-17-7-3-8-18-39)59(64-60(58)61)40-19-9-4-10-20-40)44-27-31-48-50-36-43(30-34-55(50)63(56(48)38-44)46-23-13-6-14-24-46)42-29-33-54-49(35-42)47-25-15-16-26-53(47)62(54)45-21-11-5-12-22-45/h3-38H,1-2H3. The fourth-order valence-electron chi connectivity index (χ4n) is 10.6. The molecule has 9 aromatic carbocycles. The average Bonchev–Trinajstić information content (AvgIpc) is 4.07. The summed E-state index contributed by atoms with van der Waals surface area (Å²) in [6.45, 7) is 4.80. The zero-order valence-corrected chi connectivity index (χ0v) is 36.4. The highest BCUT2D eigenvalue weighted by Gasteiger charge is 2.40. The molecule has 0 aliphatic heterocycles. The molecule has 0 unspecified atom stereocenters. The molecular formula is C61H42N2S. The van der Waals surface area contributed by atoms with E-state index in [1.165, 1.54) is 115 Å². The van der Waals surface area contributed by atoms with E-state index in [2.05, 4.69) is 241 Å². The largest absolute Gasteiger partial charge is 0.309 e. The van der Waals surface area contributed by atoms with Gasteiger partial charge in [0.1, 0.15) is 0 Å². The number of benzene rings is 9. The zero-order chi connectivity index (χ0) is 42.5. The van der Waals surface area contributed by atoms with Gasteiger partial charge in [0, 0.05) is 59.2 Å². The van der Waals surface area contributed by atoms with Crippen LogP contribution in [0.4, 0.5) is 0 Å². The molecule has 1 aliphatic carbocycles. The van der Waals surface area contributed by atoms with Crippen molar-refractivity contribution in [1.82, 2.24) is 9.13 Å². The molecule has 3 heterocycles. The topological polar surface area (TPSA) is 9.86 Å². The second kappa shape index (κ2) is 14.2. The highest BCUT2D eigenvalue weighted by molar-refractivity contribution is 7.17. The maximum atomic E-state index is 2.47. The summed E-state index contributed by atoms with van der Waals surface area (Å²) < 4.78 is 4.83. The first-order valence-corrected chi connectivity index (χ1v) is 23.0. The van der Waals surface area contributed by atoms with Gasteiger partial charge in [-0.15, -0.1) is 11.3 Å². The molecule has 12 aromatic rings. The molecule has 0 N–H and O–H groups in total. The summed E-state index contributed by atoms with van der Waals surface area (Å²) in [7, 11) is 0. The Bertz CT molecular complexity index is 3780. The summed E-state index contributed by atoms with van der Waals surface area (Å²) in [4.78, 5) is 2.78. The Balaban J connectivity index is 0.975. The lowest BCUT2D eigenvalue weighted by Gasteiger charge is -2.20. The fraction of sp³-hybridized carbons (Fsp3) is 0.0492. The van der Waals surface area contributed by atoms with Gasteiger partial charge in [0.2, 0.25) is 0 Å². The Hall–Kier alpha value is -7.72. The van der Waals surface area contributed by atoms with Crippen molar-refractivity contribution in [3.63, 3.8) is 0 Å². The normalized spacial score (nSPS) is 13.0. The molecule has 0 bridgehead atoms. The molecule has 0 atom stereocenters. The molecule has 1 aliphatic rings. The third-order valence-corrected chi connectivity index (χ3v) is 15.2. The van der Waals surface area contributed by atoms with E-state index < -0.39 is 0 Å². The number of fused-ring (bicyclic) bond motifs is 9. The van der Waals surface area contributed by atoms with Crippen LogP contribution in [-0.4, -0.2) is 9.13 Å². The van der Waals surface area contributed by atoms with Crippen LogP contribution in [0.25, 0.3) is 110 Å². The third-order valence-electron chi connectivity index (χ3n) is 13.7. The number of rotatable bonds is 6. The van der Waals surface area contributed by atoms with Gasteiger partial charge in [-0.05, 0) is 111 Å².